The first-order chi connectivity index (χ1) is 8.45. The van der Waals surface area contributed by atoms with Crippen LogP contribution < -0.4 is 11.3 Å². The van der Waals surface area contributed by atoms with Gasteiger partial charge in [0.15, 0.2) is 0 Å². The van der Waals surface area contributed by atoms with Crippen molar-refractivity contribution in [3.05, 3.63) is 38.3 Å². The molecule has 3 N–H and O–H groups in total. The molecule has 0 aromatic carbocycles. The van der Waals surface area contributed by atoms with Crippen LogP contribution in [0.1, 0.15) is 12.5 Å². The van der Waals surface area contributed by atoms with Crippen LogP contribution in [-0.4, -0.2) is 28.5 Å². The molecule has 0 saturated carbocycles. The number of nitro groups is 1. The molecule has 1 aromatic heterocycles. The number of aromatic amines is 1. The zero-order valence-electron chi connectivity index (χ0n) is 9.71. The van der Waals surface area contributed by atoms with E-state index in [0.717, 1.165) is 6.07 Å². The molecular formula is C10H13N3O5. The molecule has 0 fully saturated rings. The Morgan fingerprint density at radius 2 is 2.33 bits per heavy atom. The van der Waals surface area contributed by atoms with E-state index in [-0.39, 0.29) is 13.0 Å². The summed E-state index contributed by atoms with van der Waals surface area (Å²) in [5.41, 5.74) is 4.58. The number of pyridine rings is 1. The Morgan fingerprint density at radius 3 is 2.89 bits per heavy atom. The van der Waals surface area contributed by atoms with E-state index in [4.69, 9.17) is 10.5 Å². The van der Waals surface area contributed by atoms with E-state index in [1.807, 2.05) is 0 Å². The van der Waals surface area contributed by atoms with E-state index >= 15 is 0 Å². The monoisotopic (exact) mass is 255 g/mol. The van der Waals surface area contributed by atoms with Gasteiger partial charge >= 0.3 is 17.2 Å². The van der Waals surface area contributed by atoms with Gasteiger partial charge in [-0.05, 0) is 18.9 Å². The summed E-state index contributed by atoms with van der Waals surface area (Å²) in [7, 11) is 0. The summed E-state index contributed by atoms with van der Waals surface area (Å²) in [5.74, 6) is -0.591. The zero-order valence-corrected chi connectivity index (χ0v) is 9.71. The molecule has 0 aliphatic carbocycles. The quantitative estimate of drug-likeness (QED) is 0.423. The number of nitrogens with one attached hydrogen (secondary N) is 1. The van der Waals surface area contributed by atoms with Crippen molar-refractivity contribution in [2.75, 3.05) is 6.61 Å². The second kappa shape index (κ2) is 5.92. The van der Waals surface area contributed by atoms with Gasteiger partial charge in [-0.1, -0.05) is 0 Å². The number of H-pyrrole nitrogens is 1. The maximum Gasteiger partial charge on any atom is 0.334 e. The van der Waals surface area contributed by atoms with Gasteiger partial charge in [0, 0.05) is 12.3 Å². The molecule has 0 aliphatic heterocycles. The highest BCUT2D eigenvalue weighted by Gasteiger charge is 2.18. The number of nitrogens with two attached hydrogens (primary N) is 1. The molecule has 0 bridgehead atoms. The predicted octanol–water partition coefficient (Wildman–Crippen LogP) is -0.284. The van der Waals surface area contributed by atoms with Gasteiger partial charge in [0.1, 0.15) is 6.04 Å². The lowest BCUT2D eigenvalue weighted by Crippen LogP contribution is -2.34. The van der Waals surface area contributed by atoms with Crippen LogP contribution in [-0.2, 0) is 16.0 Å². The molecule has 1 aromatic rings. The molecule has 0 spiro atoms. The number of hydrogen-bond donors (Lipinski definition) is 2. The standard InChI is InChI=1S/C10H13N3O5/c1-2-18-10(15)7(11)3-6-4-8(13(16)17)9(14)12-5-6/h4-5,7H,2-3,11H2,1H3,(H,12,14). The van der Waals surface area contributed by atoms with Crippen LogP contribution in [0, 0.1) is 10.1 Å². The molecule has 1 atom stereocenters. The lowest BCUT2D eigenvalue weighted by molar-refractivity contribution is -0.386. The molecule has 0 saturated heterocycles. The van der Waals surface area contributed by atoms with E-state index < -0.39 is 28.2 Å². The van der Waals surface area contributed by atoms with Crippen LogP contribution in [0.2, 0.25) is 0 Å². The first-order valence-corrected chi connectivity index (χ1v) is 5.24. The number of ether oxygens (including phenoxy) is 1. The largest absolute Gasteiger partial charge is 0.465 e. The van der Waals surface area contributed by atoms with Crippen molar-refractivity contribution >= 4 is 11.7 Å². The molecule has 18 heavy (non-hydrogen) atoms. The maximum atomic E-state index is 11.3. The van der Waals surface area contributed by atoms with Crippen LogP contribution >= 0.6 is 0 Å². The van der Waals surface area contributed by atoms with E-state index in [9.17, 15) is 19.7 Å². The van der Waals surface area contributed by atoms with Crippen molar-refractivity contribution in [1.29, 1.82) is 0 Å². The summed E-state index contributed by atoms with van der Waals surface area (Å²) < 4.78 is 4.71. The SMILES string of the molecule is CCOC(=O)C(N)Cc1c[nH]c(=O)c([N+](=O)[O-])c1. The third-order valence-electron chi connectivity index (χ3n) is 2.19. The molecule has 0 amide bonds. The van der Waals surface area contributed by atoms with Gasteiger partial charge < -0.3 is 15.5 Å². The minimum Gasteiger partial charge on any atom is -0.465 e. The Bertz CT molecular complexity index is 510. The molecule has 0 aliphatic rings. The van der Waals surface area contributed by atoms with Crippen LogP contribution in [0.3, 0.4) is 0 Å². The van der Waals surface area contributed by atoms with Gasteiger partial charge in [-0.25, -0.2) is 0 Å². The number of carbonyl (C=O) groups excluding carboxylic acids is 1. The van der Waals surface area contributed by atoms with Gasteiger partial charge in [0.05, 0.1) is 11.5 Å². The summed E-state index contributed by atoms with van der Waals surface area (Å²) >= 11 is 0. The maximum absolute atomic E-state index is 11.3. The first-order valence-electron chi connectivity index (χ1n) is 5.24. The number of rotatable bonds is 5. The third-order valence-corrected chi connectivity index (χ3v) is 2.19. The number of hydrogen-bond acceptors (Lipinski definition) is 6. The highest BCUT2D eigenvalue weighted by Crippen LogP contribution is 2.08. The predicted molar refractivity (Wildman–Crippen MR) is 62.0 cm³/mol. The smallest absolute Gasteiger partial charge is 0.334 e. The van der Waals surface area contributed by atoms with Crippen molar-refractivity contribution in [3.63, 3.8) is 0 Å². The van der Waals surface area contributed by atoms with Crippen LogP contribution in [0.15, 0.2) is 17.1 Å². The van der Waals surface area contributed by atoms with Gasteiger partial charge in [0.25, 0.3) is 0 Å². The molecule has 8 heteroatoms. The molecule has 8 nitrogen and oxygen atoms in total. The van der Waals surface area contributed by atoms with E-state index in [0.29, 0.717) is 5.56 Å². The molecular weight excluding hydrogens is 242 g/mol. The lowest BCUT2D eigenvalue weighted by atomic mass is 10.1. The van der Waals surface area contributed by atoms with E-state index in [1.54, 1.807) is 6.92 Å². The van der Waals surface area contributed by atoms with Gasteiger partial charge in [-0.2, -0.15) is 0 Å². The molecule has 0 radical (unpaired) electrons. The average Bonchev–Trinajstić information content (AvgIpc) is 2.31. The van der Waals surface area contributed by atoms with Crippen molar-refractivity contribution in [3.8, 4) is 0 Å². The minimum absolute atomic E-state index is 0.0520. The summed E-state index contributed by atoms with van der Waals surface area (Å²) in [5, 5.41) is 10.6. The Hall–Kier alpha value is -2.22. The van der Waals surface area contributed by atoms with Crippen molar-refractivity contribution in [2.45, 2.75) is 19.4 Å². The van der Waals surface area contributed by atoms with E-state index in [1.165, 1.54) is 6.20 Å². The van der Waals surface area contributed by atoms with Crippen LogP contribution in [0.5, 0.6) is 0 Å². The summed E-state index contributed by atoms with van der Waals surface area (Å²) in [6.07, 6.45) is 1.34. The second-order valence-corrected chi connectivity index (χ2v) is 3.54. The highest BCUT2D eigenvalue weighted by atomic mass is 16.6. The Balaban J connectivity index is 2.86. The topological polar surface area (TPSA) is 128 Å². The summed E-state index contributed by atoms with van der Waals surface area (Å²) in [4.78, 5) is 34.4. The number of nitrogens with zero attached hydrogens (tertiary/aromatic N) is 1. The number of aromatic nitrogens is 1. The average molecular weight is 255 g/mol. The van der Waals surface area contributed by atoms with Crippen molar-refractivity contribution in [2.24, 2.45) is 5.73 Å². The fourth-order valence-corrected chi connectivity index (χ4v) is 1.36. The van der Waals surface area contributed by atoms with Crippen LogP contribution in [0.4, 0.5) is 5.69 Å². The Kier molecular flexibility index (Phi) is 4.55. The van der Waals surface area contributed by atoms with Crippen molar-refractivity contribution in [1.82, 2.24) is 4.98 Å². The normalized spacial score (nSPS) is 11.9. The molecule has 1 heterocycles. The van der Waals surface area contributed by atoms with Gasteiger partial charge in [-0.3, -0.25) is 19.7 Å². The summed E-state index contributed by atoms with van der Waals surface area (Å²) in [6.45, 7) is 1.85. The minimum atomic E-state index is -0.921. The molecule has 1 rings (SSSR count). The number of carbonyl (C=O) groups is 1. The lowest BCUT2D eigenvalue weighted by Gasteiger charge is -2.09. The summed E-state index contributed by atoms with van der Waals surface area (Å²) in [6, 6.07) is 0.174. The third kappa shape index (κ3) is 3.39. The van der Waals surface area contributed by atoms with Gasteiger partial charge in [-0.15, -0.1) is 0 Å². The van der Waals surface area contributed by atoms with Crippen molar-refractivity contribution < 1.29 is 14.5 Å². The van der Waals surface area contributed by atoms with Gasteiger partial charge in [0.2, 0.25) is 0 Å². The number of esters is 1. The second-order valence-electron chi connectivity index (χ2n) is 3.54. The fourth-order valence-electron chi connectivity index (χ4n) is 1.36. The molecule has 98 valence electrons. The Morgan fingerprint density at radius 1 is 1.67 bits per heavy atom. The van der Waals surface area contributed by atoms with E-state index in [2.05, 4.69) is 4.98 Å². The molecule has 1 unspecified atom stereocenters. The zero-order chi connectivity index (χ0) is 13.7. The first kappa shape index (κ1) is 13.8. The van der Waals surface area contributed by atoms with Crippen LogP contribution in [0.25, 0.3) is 0 Å². The highest BCUT2D eigenvalue weighted by molar-refractivity contribution is 5.75. The Labute approximate surface area is 102 Å². The fraction of sp³-hybridized carbons (Fsp3) is 0.400.